The third-order valence-corrected chi connectivity index (χ3v) is 2.34. The highest BCUT2D eigenvalue weighted by atomic mass is 35.5. The first-order chi connectivity index (χ1) is 6.74. The van der Waals surface area contributed by atoms with Crippen LogP contribution in [0.4, 0.5) is 0 Å². The normalized spacial score (nSPS) is 10.1. The van der Waals surface area contributed by atoms with Gasteiger partial charge in [0.1, 0.15) is 5.75 Å². The maximum absolute atomic E-state index is 5.72. The number of pyridine rings is 1. The minimum atomic E-state index is 0.167. The van der Waals surface area contributed by atoms with E-state index < -0.39 is 0 Å². The Labute approximate surface area is 93.6 Å². The van der Waals surface area contributed by atoms with Gasteiger partial charge in [-0.3, -0.25) is 4.98 Å². The molecule has 0 N–H and O–H groups in total. The predicted molar refractivity (Wildman–Crippen MR) is 54.2 cm³/mol. The average Bonchev–Trinajstić information content (AvgIpc) is 2.51. The van der Waals surface area contributed by atoms with Crippen molar-refractivity contribution in [2.24, 2.45) is 0 Å². The van der Waals surface area contributed by atoms with Crippen LogP contribution < -0.4 is 4.74 Å². The van der Waals surface area contributed by atoms with Gasteiger partial charge in [-0.25, -0.2) is 0 Å². The Bertz CT molecular complexity index is 448. The Morgan fingerprint density at radius 1 is 1.29 bits per heavy atom. The molecule has 0 fully saturated rings. The van der Waals surface area contributed by atoms with E-state index in [1.807, 2.05) is 0 Å². The quantitative estimate of drug-likeness (QED) is 0.819. The van der Waals surface area contributed by atoms with Gasteiger partial charge in [0.05, 0.1) is 11.2 Å². The van der Waals surface area contributed by atoms with Crippen LogP contribution in [-0.2, 0) is 0 Å². The van der Waals surface area contributed by atoms with Crippen LogP contribution in [0, 0.1) is 0 Å². The Balaban J connectivity index is 2.18. The van der Waals surface area contributed by atoms with Crippen LogP contribution in [-0.4, -0.2) is 14.3 Å². The summed E-state index contributed by atoms with van der Waals surface area (Å²) in [7, 11) is 0. The van der Waals surface area contributed by atoms with Crippen LogP contribution in [0.5, 0.6) is 10.9 Å². The second-order valence-electron chi connectivity index (χ2n) is 2.27. The zero-order valence-electron chi connectivity index (χ0n) is 6.65. The van der Waals surface area contributed by atoms with Gasteiger partial charge in [-0.2, -0.15) is 9.36 Å². The number of hydrogen-bond acceptors (Lipinski definition) is 5. The molecule has 0 atom stereocenters. The molecule has 0 unspecified atom stereocenters. The van der Waals surface area contributed by atoms with Crippen molar-refractivity contribution in [1.29, 1.82) is 0 Å². The van der Waals surface area contributed by atoms with Gasteiger partial charge in [0.15, 0.2) is 0 Å². The molecule has 0 aromatic carbocycles. The summed E-state index contributed by atoms with van der Waals surface area (Å²) in [5.41, 5.74) is 0. The summed E-state index contributed by atoms with van der Waals surface area (Å²) in [6, 6.07) is 1.63. The van der Waals surface area contributed by atoms with Gasteiger partial charge < -0.3 is 4.74 Å². The maximum atomic E-state index is 5.72. The fourth-order valence-corrected chi connectivity index (χ4v) is 1.63. The lowest BCUT2D eigenvalue weighted by Crippen LogP contribution is -1.83. The Kier molecular flexibility index (Phi) is 2.81. The van der Waals surface area contributed by atoms with Crippen molar-refractivity contribution in [3.05, 3.63) is 28.8 Å². The van der Waals surface area contributed by atoms with Gasteiger partial charge in [0.2, 0.25) is 5.28 Å². The van der Waals surface area contributed by atoms with Crippen molar-refractivity contribution in [3.8, 4) is 10.9 Å². The average molecular weight is 248 g/mol. The molecule has 14 heavy (non-hydrogen) atoms. The minimum absolute atomic E-state index is 0.167. The third-order valence-electron chi connectivity index (χ3n) is 1.27. The van der Waals surface area contributed by atoms with Gasteiger partial charge in [0.25, 0.3) is 5.19 Å². The molecule has 0 bridgehead atoms. The van der Waals surface area contributed by atoms with E-state index in [0.717, 1.165) is 11.5 Å². The second kappa shape index (κ2) is 4.08. The van der Waals surface area contributed by atoms with E-state index in [0.29, 0.717) is 16.0 Å². The number of hydrogen-bond donors (Lipinski definition) is 0. The highest BCUT2D eigenvalue weighted by molar-refractivity contribution is 7.07. The summed E-state index contributed by atoms with van der Waals surface area (Å²) in [5, 5.41) is 1.03. The first-order valence-corrected chi connectivity index (χ1v) is 5.04. The molecule has 0 spiro atoms. The lowest BCUT2D eigenvalue weighted by Gasteiger charge is -1.99. The smallest absolute Gasteiger partial charge is 0.299 e. The van der Waals surface area contributed by atoms with Crippen LogP contribution in [0.25, 0.3) is 0 Å². The lowest BCUT2D eigenvalue weighted by atomic mass is 10.5. The van der Waals surface area contributed by atoms with E-state index in [9.17, 15) is 0 Å². The predicted octanol–water partition coefficient (Wildman–Crippen LogP) is 3.03. The van der Waals surface area contributed by atoms with E-state index in [2.05, 4.69) is 14.3 Å². The van der Waals surface area contributed by atoms with Gasteiger partial charge in [-0.05, 0) is 11.6 Å². The summed E-state index contributed by atoms with van der Waals surface area (Å²) in [4.78, 5) is 7.67. The fourth-order valence-electron chi connectivity index (χ4n) is 0.783. The van der Waals surface area contributed by atoms with Crippen molar-refractivity contribution >= 4 is 34.7 Å². The minimum Gasteiger partial charge on any atom is -0.428 e. The van der Waals surface area contributed by atoms with E-state index in [4.69, 9.17) is 27.9 Å². The van der Waals surface area contributed by atoms with Crippen molar-refractivity contribution in [3.63, 3.8) is 0 Å². The topological polar surface area (TPSA) is 47.9 Å². The summed E-state index contributed by atoms with van der Waals surface area (Å²) >= 11 is 12.3. The highest BCUT2D eigenvalue weighted by Crippen LogP contribution is 2.25. The van der Waals surface area contributed by atoms with Crippen LogP contribution in [0.1, 0.15) is 0 Å². The number of ether oxygens (including phenoxy) is 1. The number of nitrogens with zero attached hydrogens (tertiary/aromatic N) is 3. The lowest BCUT2D eigenvalue weighted by molar-refractivity contribution is 0.476. The fraction of sp³-hybridized carbons (Fsp3) is 0. The molecular weight excluding hydrogens is 245 g/mol. The molecule has 0 aliphatic heterocycles. The number of halogens is 2. The molecular formula is C7H3Cl2N3OS. The molecule has 2 aromatic heterocycles. The number of rotatable bonds is 2. The Hall–Kier alpha value is -0.910. The van der Waals surface area contributed by atoms with E-state index in [-0.39, 0.29) is 5.28 Å². The van der Waals surface area contributed by atoms with Crippen molar-refractivity contribution in [1.82, 2.24) is 14.3 Å². The van der Waals surface area contributed by atoms with Crippen LogP contribution in [0.2, 0.25) is 10.3 Å². The van der Waals surface area contributed by atoms with Crippen LogP contribution in [0.15, 0.2) is 18.5 Å². The standard InChI is InChI=1S/C7H3Cl2N3OS/c8-4-1-5(3-10-2-4)13-7-11-6(9)12-14-7/h1-3H. The zero-order chi connectivity index (χ0) is 9.97. The van der Waals surface area contributed by atoms with E-state index in [1.54, 1.807) is 6.07 Å². The van der Waals surface area contributed by atoms with E-state index >= 15 is 0 Å². The van der Waals surface area contributed by atoms with Gasteiger partial charge in [-0.15, -0.1) is 0 Å². The maximum Gasteiger partial charge on any atom is 0.299 e. The Morgan fingerprint density at radius 2 is 2.14 bits per heavy atom. The zero-order valence-corrected chi connectivity index (χ0v) is 8.97. The first-order valence-electron chi connectivity index (χ1n) is 3.51. The van der Waals surface area contributed by atoms with Crippen LogP contribution in [0.3, 0.4) is 0 Å². The highest BCUT2D eigenvalue weighted by Gasteiger charge is 2.04. The first kappa shape index (κ1) is 9.64. The molecule has 7 heteroatoms. The second-order valence-corrected chi connectivity index (χ2v) is 3.76. The van der Waals surface area contributed by atoms with Crippen LogP contribution >= 0.6 is 34.7 Å². The largest absolute Gasteiger partial charge is 0.428 e. The summed E-state index contributed by atoms with van der Waals surface area (Å²) in [5.74, 6) is 0.505. The molecule has 2 heterocycles. The van der Waals surface area contributed by atoms with Crippen molar-refractivity contribution in [2.45, 2.75) is 0 Å². The van der Waals surface area contributed by atoms with Crippen molar-refractivity contribution < 1.29 is 4.74 Å². The van der Waals surface area contributed by atoms with E-state index in [1.165, 1.54) is 12.4 Å². The SMILES string of the molecule is Clc1cncc(Oc2nc(Cl)ns2)c1. The van der Waals surface area contributed by atoms with Gasteiger partial charge >= 0.3 is 0 Å². The van der Waals surface area contributed by atoms with Gasteiger partial charge in [0, 0.05) is 23.8 Å². The molecule has 0 saturated carbocycles. The van der Waals surface area contributed by atoms with Crippen molar-refractivity contribution in [2.75, 3.05) is 0 Å². The Morgan fingerprint density at radius 3 is 2.79 bits per heavy atom. The summed E-state index contributed by atoms with van der Waals surface area (Å²) < 4.78 is 9.05. The molecule has 2 aromatic rings. The summed E-state index contributed by atoms with van der Waals surface area (Å²) in [6.07, 6.45) is 3.04. The molecule has 0 aliphatic rings. The molecule has 72 valence electrons. The molecule has 0 saturated heterocycles. The molecule has 2 rings (SSSR count). The van der Waals surface area contributed by atoms with Gasteiger partial charge in [-0.1, -0.05) is 11.6 Å². The molecule has 0 radical (unpaired) electrons. The summed E-state index contributed by atoms with van der Waals surface area (Å²) in [6.45, 7) is 0. The molecule has 0 amide bonds. The monoisotopic (exact) mass is 247 g/mol. The number of aromatic nitrogens is 3. The third kappa shape index (κ3) is 2.31. The molecule has 4 nitrogen and oxygen atoms in total. The molecule has 0 aliphatic carbocycles.